The molecule has 1 heterocycles. The number of nitrogens with one attached hydrogen (secondary N) is 1. The lowest BCUT2D eigenvalue weighted by atomic mass is 10.2. The molecule has 0 fully saturated rings. The van der Waals surface area contributed by atoms with E-state index in [1.165, 1.54) is 29.0 Å². The van der Waals surface area contributed by atoms with Gasteiger partial charge in [0.2, 0.25) is 0 Å². The molecule has 0 atom stereocenters. The van der Waals surface area contributed by atoms with Crippen molar-refractivity contribution in [2.45, 2.75) is 0 Å². The van der Waals surface area contributed by atoms with E-state index >= 15 is 0 Å². The van der Waals surface area contributed by atoms with E-state index in [4.69, 9.17) is 11.6 Å². The third-order valence-electron chi connectivity index (χ3n) is 2.72. The maximum absolute atomic E-state index is 11.8. The maximum Gasteiger partial charge on any atom is 0.276 e. The second-order valence-electron chi connectivity index (χ2n) is 4.25. The Bertz CT molecular complexity index is 768. The van der Waals surface area contributed by atoms with Crippen molar-refractivity contribution in [2.24, 2.45) is 12.1 Å². The Balaban J connectivity index is 2.10. The summed E-state index contributed by atoms with van der Waals surface area (Å²) < 4.78 is 1.30. The van der Waals surface area contributed by atoms with Crippen molar-refractivity contribution in [3.63, 3.8) is 0 Å². The molecule has 0 aliphatic rings. The molecule has 1 aromatic carbocycles. The first-order valence-corrected chi connectivity index (χ1v) is 6.34. The number of hydrogen-bond acceptors (Lipinski definition) is 4. The highest BCUT2D eigenvalue weighted by molar-refractivity contribution is 6.32. The first kappa shape index (κ1) is 14.8. The fourth-order valence-corrected chi connectivity index (χ4v) is 1.79. The number of aromatic hydroxyl groups is 1. The summed E-state index contributed by atoms with van der Waals surface area (Å²) in [6.07, 6.45) is 2.91. The van der Waals surface area contributed by atoms with Gasteiger partial charge in [-0.3, -0.25) is 9.59 Å². The van der Waals surface area contributed by atoms with Crippen LogP contribution in [-0.4, -0.2) is 21.8 Å². The molecule has 0 radical (unpaired) electrons. The summed E-state index contributed by atoms with van der Waals surface area (Å²) in [5.41, 5.74) is 2.45. The third kappa shape index (κ3) is 3.49. The Kier molecular flexibility index (Phi) is 4.39. The summed E-state index contributed by atoms with van der Waals surface area (Å²) in [6.45, 7) is 0. The standard InChI is InChI=1S/C14H12ClN3O3/c1-18-6-2-3-10(14(18)21)13(20)17-16-8-9-4-5-12(19)11(15)7-9/h2-8,19H,1H3,(H,17,20)/b16-8-. The predicted octanol–water partition coefficient (Wildman–Crippen LogP) is 1.51. The van der Waals surface area contributed by atoms with Crippen LogP contribution in [0.25, 0.3) is 0 Å². The molecule has 0 spiro atoms. The van der Waals surface area contributed by atoms with Gasteiger partial charge in [-0.15, -0.1) is 0 Å². The molecule has 6 nitrogen and oxygen atoms in total. The lowest BCUT2D eigenvalue weighted by Gasteiger charge is -2.01. The molecular weight excluding hydrogens is 294 g/mol. The van der Waals surface area contributed by atoms with Gasteiger partial charge in [0.05, 0.1) is 11.2 Å². The first-order chi connectivity index (χ1) is 9.99. The summed E-state index contributed by atoms with van der Waals surface area (Å²) in [5, 5.41) is 13.2. The zero-order valence-corrected chi connectivity index (χ0v) is 11.8. The molecular formula is C14H12ClN3O3. The zero-order chi connectivity index (χ0) is 15.4. The Labute approximate surface area is 125 Å². The van der Waals surface area contributed by atoms with E-state index < -0.39 is 11.5 Å². The highest BCUT2D eigenvalue weighted by atomic mass is 35.5. The molecule has 2 N–H and O–H groups in total. The van der Waals surface area contributed by atoms with Gasteiger partial charge in [0, 0.05) is 13.2 Å². The molecule has 0 saturated heterocycles. The van der Waals surface area contributed by atoms with Crippen LogP contribution in [0.4, 0.5) is 0 Å². The van der Waals surface area contributed by atoms with Gasteiger partial charge in [0.25, 0.3) is 11.5 Å². The fourth-order valence-electron chi connectivity index (χ4n) is 1.60. The molecule has 7 heteroatoms. The minimum Gasteiger partial charge on any atom is -0.506 e. The van der Waals surface area contributed by atoms with E-state index in [-0.39, 0.29) is 16.3 Å². The van der Waals surface area contributed by atoms with E-state index in [2.05, 4.69) is 10.5 Å². The Morgan fingerprint density at radius 3 is 2.90 bits per heavy atom. The van der Waals surface area contributed by atoms with Crippen LogP contribution in [0.2, 0.25) is 5.02 Å². The quantitative estimate of drug-likeness (QED) is 0.666. The highest BCUT2D eigenvalue weighted by Crippen LogP contribution is 2.22. The van der Waals surface area contributed by atoms with Gasteiger partial charge in [0.1, 0.15) is 11.3 Å². The molecule has 2 rings (SSSR count). The average molecular weight is 306 g/mol. The number of nitrogens with zero attached hydrogens (tertiary/aromatic N) is 2. The summed E-state index contributed by atoms with van der Waals surface area (Å²) in [6, 6.07) is 7.51. The lowest BCUT2D eigenvalue weighted by molar-refractivity contribution is 0.0953. The molecule has 21 heavy (non-hydrogen) atoms. The van der Waals surface area contributed by atoms with Crippen molar-refractivity contribution in [1.29, 1.82) is 0 Å². The van der Waals surface area contributed by atoms with Crippen molar-refractivity contribution in [3.05, 3.63) is 63.0 Å². The van der Waals surface area contributed by atoms with Crippen molar-refractivity contribution in [2.75, 3.05) is 0 Å². The number of benzene rings is 1. The third-order valence-corrected chi connectivity index (χ3v) is 3.02. The molecule has 108 valence electrons. The van der Waals surface area contributed by atoms with Gasteiger partial charge in [-0.25, -0.2) is 5.43 Å². The largest absolute Gasteiger partial charge is 0.506 e. The predicted molar refractivity (Wildman–Crippen MR) is 79.9 cm³/mol. The second kappa shape index (κ2) is 6.23. The summed E-state index contributed by atoms with van der Waals surface area (Å²) in [7, 11) is 1.56. The van der Waals surface area contributed by atoms with Crippen molar-refractivity contribution < 1.29 is 9.90 Å². The van der Waals surface area contributed by atoms with Crippen LogP contribution in [0, 0.1) is 0 Å². The van der Waals surface area contributed by atoms with Gasteiger partial charge in [-0.1, -0.05) is 11.6 Å². The van der Waals surface area contributed by atoms with Gasteiger partial charge in [0.15, 0.2) is 0 Å². The topological polar surface area (TPSA) is 83.7 Å². The Hall–Kier alpha value is -2.60. The number of pyridine rings is 1. The van der Waals surface area contributed by atoms with Crippen LogP contribution < -0.4 is 11.0 Å². The van der Waals surface area contributed by atoms with Crippen molar-refractivity contribution in [1.82, 2.24) is 9.99 Å². The van der Waals surface area contributed by atoms with Gasteiger partial charge in [-0.2, -0.15) is 5.10 Å². The Morgan fingerprint density at radius 2 is 2.19 bits per heavy atom. The highest BCUT2D eigenvalue weighted by Gasteiger charge is 2.09. The van der Waals surface area contributed by atoms with Crippen LogP contribution in [0.15, 0.2) is 46.4 Å². The molecule has 1 aromatic heterocycles. The fraction of sp³-hybridized carbons (Fsp3) is 0.0714. The minimum atomic E-state index is -0.600. The van der Waals surface area contributed by atoms with Crippen molar-refractivity contribution >= 4 is 23.7 Å². The van der Waals surface area contributed by atoms with Crippen LogP contribution in [-0.2, 0) is 7.05 Å². The van der Waals surface area contributed by atoms with E-state index in [0.29, 0.717) is 5.56 Å². The number of hydrogen-bond donors (Lipinski definition) is 2. The molecule has 0 bridgehead atoms. The lowest BCUT2D eigenvalue weighted by Crippen LogP contribution is -2.29. The first-order valence-electron chi connectivity index (χ1n) is 5.96. The van der Waals surface area contributed by atoms with E-state index in [1.54, 1.807) is 25.4 Å². The van der Waals surface area contributed by atoms with Crippen LogP contribution in [0.3, 0.4) is 0 Å². The normalized spacial score (nSPS) is 10.8. The van der Waals surface area contributed by atoms with E-state index in [1.807, 2.05) is 0 Å². The number of aryl methyl sites for hydroxylation is 1. The molecule has 0 unspecified atom stereocenters. The van der Waals surface area contributed by atoms with Gasteiger partial charge in [-0.05, 0) is 35.9 Å². The number of halogens is 1. The van der Waals surface area contributed by atoms with Gasteiger partial charge < -0.3 is 9.67 Å². The number of carbonyl (C=O) groups excluding carboxylic acids is 1. The number of hydrazone groups is 1. The number of amides is 1. The van der Waals surface area contributed by atoms with Crippen LogP contribution in [0.5, 0.6) is 5.75 Å². The smallest absolute Gasteiger partial charge is 0.276 e. The minimum absolute atomic E-state index is 0.000823. The zero-order valence-electron chi connectivity index (χ0n) is 11.1. The summed E-state index contributed by atoms with van der Waals surface area (Å²) >= 11 is 5.75. The molecule has 2 aromatic rings. The maximum atomic E-state index is 11.8. The number of phenolic OH excluding ortho intramolecular Hbond substituents is 1. The Morgan fingerprint density at radius 1 is 1.43 bits per heavy atom. The average Bonchev–Trinajstić information content (AvgIpc) is 2.45. The SMILES string of the molecule is Cn1cccc(C(=O)N/N=C\c2ccc(O)c(Cl)c2)c1=O. The summed E-state index contributed by atoms with van der Waals surface area (Å²) in [5.74, 6) is -0.636. The van der Waals surface area contributed by atoms with Gasteiger partial charge >= 0.3 is 0 Å². The van der Waals surface area contributed by atoms with Crippen molar-refractivity contribution in [3.8, 4) is 5.75 Å². The number of rotatable bonds is 3. The monoisotopic (exact) mass is 305 g/mol. The molecule has 1 amide bonds. The van der Waals surface area contributed by atoms with E-state index in [9.17, 15) is 14.7 Å². The summed E-state index contributed by atoms with van der Waals surface area (Å²) in [4.78, 5) is 23.6. The van der Waals surface area contributed by atoms with Crippen LogP contribution >= 0.6 is 11.6 Å². The molecule has 0 aliphatic heterocycles. The van der Waals surface area contributed by atoms with E-state index in [0.717, 1.165) is 0 Å². The second-order valence-corrected chi connectivity index (χ2v) is 4.66. The van der Waals surface area contributed by atoms with Crippen LogP contribution in [0.1, 0.15) is 15.9 Å². The molecule has 0 aliphatic carbocycles. The molecule has 0 saturated carbocycles. The number of phenols is 1. The number of carbonyl (C=O) groups is 1. The number of aromatic nitrogens is 1.